The van der Waals surface area contributed by atoms with Crippen molar-refractivity contribution in [3.63, 3.8) is 0 Å². The van der Waals surface area contributed by atoms with Gasteiger partial charge in [0.15, 0.2) is 0 Å². The van der Waals surface area contributed by atoms with Crippen molar-refractivity contribution < 1.29 is 4.74 Å². The first kappa shape index (κ1) is 9.53. The molecule has 1 aliphatic rings. The van der Waals surface area contributed by atoms with Crippen molar-refractivity contribution in [2.24, 2.45) is 0 Å². The normalized spacial score (nSPS) is 21.5. The first-order chi connectivity index (χ1) is 6.92. The smallest absolute Gasteiger partial charge is 0.130 e. The van der Waals surface area contributed by atoms with E-state index in [0.717, 1.165) is 19.6 Å². The second-order valence-corrected chi connectivity index (χ2v) is 3.64. The minimum Gasteiger partial charge on any atom is -0.357 e. The first-order valence-electron chi connectivity index (χ1n) is 5.35. The number of benzene rings is 1. The molecule has 1 fully saturated rings. The zero-order valence-corrected chi connectivity index (χ0v) is 8.65. The van der Waals surface area contributed by atoms with Gasteiger partial charge in [-0.15, -0.1) is 0 Å². The van der Waals surface area contributed by atoms with E-state index in [1.54, 1.807) is 0 Å². The third-order valence-corrected chi connectivity index (χ3v) is 2.61. The van der Waals surface area contributed by atoms with Gasteiger partial charge in [0.1, 0.15) is 6.23 Å². The molecule has 0 saturated carbocycles. The summed E-state index contributed by atoms with van der Waals surface area (Å²) in [6.45, 7) is 4.08. The molecule has 0 bridgehead atoms. The van der Waals surface area contributed by atoms with Crippen molar-refractivity contribution in [1.29, 1.82) is 0 Å². The Morgan fingerprint density at radius 2 is 2.14 bits per heavy atom. The van der Waals surface area contributed by atoms with Crippen LogP contribution in [0, 0.1) is 0 Å². The maximum atomic E-state index is 5.69. The van der Waals surface area contributed by atoms with Gasteiger partial charge in [0.2, 0.25) is 0 Å². The van der Waals surface area contributed by atoms with E-state index in [1.165, 1.54) is 12.1 Å². The summed E-state index contributed by atoms with van der Waals surface area (Å²) in [6.07, 6.45) is 2.59. The molecule has 1 heterocycles. The molecule has 14 heavy (non-hydrogen) atoms. The van der Waals surface area contributed by atoms with E-state index in [4.69, 9.17) is 4.74 Å². The second-order valence-electron chi connectivity index (χ2n) is 3.64. The van der Waals surface area contributed by atoms with Crippen LogP contribution in [0.25, 0.3) is 0 Å². The van der Waals surface area contributed by atoms with Gasteiger partial charge in [-0.2, -0.15) is 0 Å². The lowest BCUT2D eigenvalue weighted by atomic mass is 10.2. The molecule has 1 aromatic carbocycles. The molecule has 1 atom stereocenters. The summed E-state index contributed by atoms with van der Waals surface area (Å²) in [7, 11) is 0. The lowest BCUT2D eigenvalue weighted by molar-refractivity contribution is 0.105. The first-order valence-corrected chi connectivity index (χ1v) is 5.35. The Morgan fingerprint density at radius 1 is 1.36 bits per heavy atom. The number of ether oxygens (including phenoxy) is 1. The van der Waals surface area contributed by atoms with E-state index >= 15 is 0 Å². The third kappa shape index (κ3) is 1.90. The molecule has 1 aliphatic heterocycles. The molecule has 2 heteroatoms. The Labute approximate surface area is 85.5 Å². The quantitative estimate of drug-likeness (QED) is 0.728. The number of nitrogens with zero attached hydrogens (tertiary/aromatic N) is 1. The van der Waals surface area contributed by atoms with Gasteiger partial charge in [0.25, 0.3) is 0 Å². The summed E-state index contributed by atoms with van der Waals surface area (Å²) >= 11 is 0. The highest BCUT2D eigenvalue weighted by Gasteiger charge is 2.23. The highest BCUT2D eigenvalue weighted by Crippen LogP contribution is 2.23. The van der Waals surface area contributed by atoms with Crippen LogP contribution in [-0.2, 0) is 4.74 Å². The topological polar surface area (TPSA) is 12.5 Å². The molecule has 0 unspecified atom stereocenters. The lowest BCUT2D eigenvalue weighted by Crippen LogP contribution is -2.29. The molecule has 1 aromatic rings. The van der Waals surface area contributed by atoms with E-state index < -0.39 is 0 Å². The highest BCUT2D eigenvalue weighted by molar-refractivity contribution is 5.47. The molecule has 0 spiro atoms. The van der Waals surface area contributed by atoms with Crippen molar-refractivity contribution in [3.05, 3.63) is 30.3 Å². The summed E-state index contributed by atoms with van der Waals surface area (Å²) < 4.78 is 5.69. The fourth-order valence-corrected chi connectivity index (χ4v) is 1.92. The SMILES string of the molecule is CCC[C@@H]1OCCN1c1ccccc1. The van der Waals surface area contributed by atoms with Crippen LogP contribution in [0.15, 0.2) is 30.3 Å². The second kappa shape index (κ2) is 4.47. The largest absolute Gasteiger partial charge is 0.357 e. The lowest BCUT2D eigenvalue weighted by Gasteiger charge is -2.24. The van der Waals surface area contributed by atoms with E-state index in [2.05, 4.69) is 42.2 Å². The molecular weight excluding hydrogens is 174 g/mol. The predicted molar refractivity (Wildman–Crippen MR) is 58.4 cm³/mol. The van der Waals surface area contributed by atoms with Crippen LogP contribution in [0.2, 0.25) is 0 Å². The zero-order chi connectivity index (χ0) is 9.80. The van der Waals surface area contributed by atoms with Gasteiger partial charge < -0.3 is 9.64 Å². The van der Waals surface area contributed by atoms with Crippen molar-refractivity contribution in [3.8, 4) is 0 Å². The fourth-order valence-electron chi connectivity index (χ4n) is 1.92. The Hall–Kier alpha value is -1.02. The van der Waals surface area contributed by atoms with Crippen LogP contribution in [-0.4, -0.2) is 19.4 Å². The maximum absolute atomic E-state index is 5.69. The standard InChI is InChI=1S/C12H17NO/c1-2-6-12-13(9-10-14-12)11-7-4-3-5-8-11/h3-5,7-8,12H,2,6,9-10H2,1H3/t12-/m0/s1. The van der Waals surface area contributed by atoms with Crippen LogP contribution >= 0.6 is 0 Å². The minimum absolute atomic E-state index is 0.294. The number of para-hydroxylation sites is 1. The van der Waals surface area contributed by atoms with Gasteiger partial charge in [0, 0.05) is 12.2 Å². The number of anilines is 1. The zero-order valence-electron chi connectivity index (χ0n) is 8.65. The average molecular weight is 191 g/mol. The molecule has 0 N–H and O–H groups in total. The van der Waals surface area contributed by atoms with E-state index in [1.807, 2.05) is 0 Å². The molecule has 2 nitrogen and oxygen atoms in total. The van der Waals surface area contributed by atoms with Crippen molar-refractivity contribution in [2.45, 2.75) is 26.0 Å². The molecule has 1 saturated heterocycles. The summed E-state index contributed by atoms with van der Waals surface area (Å²) in [5.41, 5.74) is 1.28. The van der Waals surface area contributed by atoms with Crippen LogP contribution in [0.4, 0.5) is 5.69 Å². The van der Waals surface area contributed by atoms with E-state index in [9.17, 15) is 0 Å². The minimum atomic E-state index is 0.294. The molecule has 76 valence electrons. The van der Waals surface area contributed by atoms with Crippen molar-refractivity contribution >= 4 is 5.69 Å². The molecular formula is C12H17NO. The third-order valence-electron chi connectivity index (χ3n) is 2.61. The molecule has 0 radical (unpaired) electrons. The van der Waals surface area contributed by atoms with Gasteiger partial charge in [-0.25, -0.2) is 0 Å². The Morgan fingerprint density at radius 3 is 2.86 bits per heavy atom. The molecule has 0 aromatic heterocycles. The number of rotatable bonds is 3. The summed E-state index contributed by atoms with van der Waals surface area (Å²) in [4.78, 5) is 2.35. The van der Waals surface area contributed by atoms with Gasteiger partial charge >= 0.3 is 0 Å². The summed E-state index contributed by atoms with van der Waals surface area (Å²) in [6, 6.07) is 10.5. The highest BCUT2D eigenvalue weighted by atomic mass is 16.5. The van der Waals surface area contributed by atoms with Crippen LogP contribution in [0.1, 0.15) is 19.8 Å². The Kier molecular flexibility index (Phi) is 3.04. The van der Waals surface area contributed by atoms with Gasteiger partial charge in [-0.3, -0.25) is 0 Å². The van der Waals surface area contributed by atoms with Crippen molar-refractivity contribution in [1.82, 2.24) is 0 Å². The summed E-state index contributed by atoms with van der Waals surface area (Å²) in [5.74, 6) is 0. The van der Waals surface area contributed by atoms with Gasteiger partial charge in [-0.05, 0) is 18.6 Å². The van der Waals surface area contributed by atoms with E-state index in [-0.39, 0.29) is 0 Å². The molecule has 0 amide bonds. The summed E-state index contributed by atoms with van der Waals surface area (Å²) in [5, 5.41) is 0. The van der Waals surface area contributed by atoms with Gasteiger partial charge in [0.05, 0.1) is 6.61 Å². The Bertz CT molecular complexity index is 273. The Balaban J connectivity index is 2.10. The predicted octanol–water partition coefficient (Wildman–Crippen LogP) is 2.65. The fraction of sp³-hybridized carbons (Fsp3) is 0.500. The van der Waals surface area contributed by atoms with Crippen LogP contribution in [0.5, 0.6) is 0 Å². The number of hydrogen-bond acceptors (Lipinski definition) is 2. The van der Waals surface area contributed by atoms with Crippen LogP contribution < -0.4 is 4.90 Å². The number of hydrogen-bond donors (Lipinski definition) is 0. The molecule has 0 aliphatic carbocycles. The van der Waals surface area contributed by atoms with Gasteiger partial charge in [-0.1, -0.05) is 31.5 Å². The maximum Gasteiger partial charge on any atom is 0.130 e. The van der Waals surface area contributed by atoms with Crippen molar-refractivity contribution in [2.75, 3.05) is 18.1 Å². The molecule has 2 rings (SSSR count). The average Bonchev–Trinajstić information content (AvgIpc) is 2.68. The monoisotopic (exact) mass is 191 g/mol. The van der Waals surface area contributed by atoms with E-state index in [0.29, 0.717) is 6.23 Å². The van der Waals surface area contributed by atoms with Crippen LogP contribution in [0.3, 0.4) is 0 Å².